The molecule has 0 radical (unpaired) electrons. The second-order valence-corrected chi connectivity index (χ2v) is 2.94. The molecule has 0 saturated carbocycles. The van der Waals surface area contributed by atoms with E-state index in [0.717, 1.165) is 16.8 Å². The molecule has 1 aliphatic heterocycles. The predicted molar refractivity (Wildman–Crippen MR) is 50.6 cm³/mol. The van der Waals surface area contributed by atoms with Gasteiger partial charge in [0.15, 0.2) is 0 Å². The molecule has 13 heavy (non-hydrogen) atoms. The van der Waals surface area contributed by atoms with E-state index in [1.807, 2.05) is 0 Å². The summed E-state index contributed by atoms with van der Waals surface area (Å²) in [5.74, 6) is 0. The van der Waals surface area contributed by atoms with E-state index < -0.39 is 4.92 Å². The quantitative estimate of drug-likeness (QED) is 0.526. The van der Waals surface area contributed by atoms with Crippen LogP contribution in [-0.2, 0) is 0 Å². The Morgan fingerprint density at radius 1 is 1.54 bits per heavy atom. The van der Waals surface area contributed by atoms with Gasteiger partial charge >= 0.3 is 0 Å². The lowest BCUT2D eigenvalue weighted by atomic mass is 10.1. The van der Waals surface area contributed by atoms with Gasteiger partial charge in [-0.2, -0.15) is 0 Å². The number of anilines is 1. The molecule has 0 fully saturated rings. The maximum absolute atomic E-state index is 10.5. The second kappa shape index (κ2) is 2.58. The van der Waals surface area contributed by atoms with E-state index >= 15 is 0 Å². The van der Waals surface area contributed by atoms with Crippen LogP contribution in [0.1, 0.15) is 5.56 Å². The molecule has 1 aromatic carbocycles. The van der Waals surface area contributed by atoms with Crippen molar-refractivity contribution in [3.63, 3.8) is 0 Å². The highest BCUT2D eigenvalue weighted by atomic mass is 16.6. The highest BCUT2D eigenvalue weighted by Gasteiger charge is 2.17. The first-order valence-electron chi connectivity index (χ1n) is 3.89. The molecule has 0 aromatic heterocycles. The van der Waals surface area contributed by atoms with Crippen molar-refractivity contribution in [3.8, 4) is 0 Å². The first-order valence-corrected chi connectivity index (χ1v) is 3.89. The summed E-state index contributed by atoms with van der Waals surface area (Å²) in [6, 6.07) is 4.76. The molecule has 1 N–H and O–H groups in total. The molecule has 1 heterocycles. The van der Waals surface area contributed by atoms with Crippen molar-refractivity contribution in [2.75, 3.05) is 11.9 Å². The summed E-state index contributed by atoms with van der Waals surface area (Å²) in [7, 11) is 0. The zero-order chi connectivity index (χ0) is 9.42. The van der Waals surface area contributed by atoms with Gasteiger partial charge < -0.3 is 5.32 Å². The van der Waals surface area contributed by atoms with Crippen LogP contribution in [0, 0.1) is 10.1 Å². The largest absolute Gasteiger partial charge is 0.380 e. The molecule has 4 heteroatoms. The number of nitrogens with zero attached hydrogens (tertiary/aromatic N) is 1. The lowest BCUT2D eigenvalue weighted by Crippen LogP contribution is -1.90. The number of nitro benzene ring substituents is 1. The molecule has 2 rings (SSSR count). The molecule has 0 bridgehead atoms. The lowest BCUT2D eigenvalue weighted by Gasteiger charge is -1.97. The van der Waals surface area contributed by atoms with Gasteiger partial charge in [-0.05, 0) is 11.6 Å². The van der Waals surface area contributed by atoms with Crippen LogP contribution in [0.2, 0.25) is 0 Å². The fraction of sp³-hybridized carbons (Fsp3) is 0.111. The fourth-order valence-corrected chi connectivity index (χ4v) is 1.39. The zero-order valence-corrected chi connectivity index (χ0v) is 6.91. The van der Waals surface area contributed by atoms with Gasteiger partial charge in [-0.1, -0.05) is 6.58 Å². The van der Waals surface area contributed by atoms with Gasteiger partial charge in [-0.25, -0.2) is 0 Å². The summed E-state index contributed by atoms with van der Waals surface area (Å²) in [4.78, 5) is 10.1. The number of fused-ring (bicyclic) bond motifs is 1. The molecule has 0 spiro atoms. The Labute approximate surface area is 75.0 Å². The van der Waals surface area contributed by atoms with Crippen LogP contribution < -0.4 is 5.32 Å². The summed E-state index contributed by atoms with van der Waals surface area (Å²) in [5.41, 5.74) is 2.80. The Morgan fingerprint density at radius 3 is 3.00 bits per heavy atom. The van der Waals surface area contributed by atoms with E-state index in [1.54, 1.807) is 12.1 Å². The summed E-state index contributed by atoms with van der Waals surface area (Å²) >= 11 is 0. The Morgan fingerprint density at radius 2 is 2.31 bits per heavy atom. The van der Waals surface area contributed by atoms with Crippen LogP contribution in [0.3, 0.4) is 0 Å². The van der Waals surface area contributed by atoms with Gasteiger partial charge in [0.25, 0.3) is 5.69 Å². The highest BCUT2D eigenvalue weighted by molar-refractivity contribution is 5.84. The van der Waals surface area contributed by atoms with Crippen LogP contribution in [0.4, 0.5) is 11.4 Å². The molecule has 0 aliphatic carbocycles. The minimum atomic E-state index is -0.397. The van der Waals surface area contributed by atoms with Crippen LogP contribution in [0.5, 0.6) is 0 Å². The van der Waals surface area contributed by atoms with Crippen molar-refractivity contribution >= 4 is 16.9 Å². The maximum atomic E-state index is 10.5. The standard InChI is InChI=1S/C9H8N2O2/c1-6-5-10-9-3-2-7(11(12)13)4-8(6)9/h2-4,10H,1,5H2. The summed E-state index contributed by atoms with van der Waals surface area (Å²) in [6.45, 7) is 4.49. The number of non-ortho nitro benzene ring substituents is 1. The lowest BCUT2D eigenvalue weighted by molar-refractivity contribution is -0.384. The maximum Gasteiger partial charge on any atom is 0.270 e. The van der Waals surface area contributed by atoms with Crippen molar-refractivity contribution in [1.29, 1.82) is 0 Å². The molecule has 0 unspecified atom stereocenters. The monoisotopic (exact) mass is 176 g/mol. The number of rotatable bonds is 1. The average molecular weight is 176 g/mol. The summed E-state index contributed by atoms with van der Waals surface area (Å²) in [5, 5.41) is 13.6. The molecule has 0 amide bonds. The van der Waals surface area contributed by atoms with Crippen LogP contribution in [0.15, 0.2) is 24.8 Å². The first-order chi connectivity index (χ1) is 6.18. The van der Waals surface area contributed by atoms with E-state index in [4.69, 9.17) is 0 Å². The van der Waals surface area contributed by atoms with Crippen molar-refractivity contribution in [1.82, 2.24) is 0 Å². The van der Waals surface area contributed by atoms with Crippen molar-refractivity contribution < 1.29 is 4.92 Å². The smallest absolute Gasteiger partial charge is 0.270 e. The molecular formula is C9H8N2O2. The van der Waals surface area contributed by atoms with Crippen LogP contribution >= 0.6 is 0 Å². The van der Waals surface area contributed by atoms with Crippen molar-refractivity contribution in [2.45, 2.75) is 0 Å². The molecule has 0 saturated heterocycles. The van der Waals surface area contributed by atoms with E-state index in [-0.39, 0.29) is 5.69 Å². The normalized spacial score (nSPS) is 13.7. The molecule has 4 nitrogen and oxygen atoms in total. The zero-order valence-electron chi connectivity index (χ0n) is 6.91. The Balaban J connectivity index is 2.54. The topological polar surface area (TPSA) is 55.2 Å². The summed E-state index contributed by atoms with van der Waals surface area (Å²) < 4.78 is 0. The first kappa shape index (κ1) is 7.79. The number of nitro groups is 1. The third kappa shape index (κ3) is 1.16. The van der Waals surface area contributed by atoms with E-state index in [9.17, 15) is 10.1 Å². The molecule has 1 aliphatic rings. The number of nitrogens with one attached hydrogen (secondary N) is 1. The number of hydrogen-bond acceptors (Lipinski definition) is 3. The Bertz CT molecular complexity index is 399. The highest BCUT2D eigenvalue weighted by Crippen LogP contribution is 2.32. The Kier molecular flexibility index (Phi) is 1.55. The number of hydrogen-bond donors (Lipinski definition) is 1. The minimum Gasteiger partial charge on any atom is -0.380 e. The van der Waals surface area contributed by atoms with E-state index in [1.165, 1.54) is 6.07 Å². The third-order valence-corrected chi connectivity index (χ3v) is 2.09. The average Bonchev–Trinajstić information content (AvgIpc) is 2.47. The van der Waals surface area contributed by atoms with Gasteiger partial charge in [-0.15, -0.1) is 0 Å². The van der Waals surface area contributed by atoms with Gasteiger partial charge in [0.2, 0.25) is 0 Å². The van der Waals surface area contributed by atoms with Gasteiger partial charge in [0.1, 0.15) is 0 Å². The van der Waals surface area contributed by atoms with Gasteiger partial charge in [0.05, 0.1) is 4.92 Å². The van der Waals surface area contributed by atoms with Crippen molar-refractivity contribution in [3.05, 3.63) is 40.5 Å². The van der Waals surface area contributed by atoms with Gasteiger partial charge in [0, 0.05) is 29.9 Å². The summed E-state index contributed by atoms with van der Waals surface area (Å²) in [6.07, 6.45) is 0. The second-order valence-electron chi connectivity index (χ2n) is 2.94. The Hall–Kier alpha value is -1.84. The van der Waals surface area contributed by atoms with E-state index in [0.29, 0.717) is 6.54 Å². The fourth-order valence-electron chi connectivity index (χ4n) is 1.39. The van der Waals surface area contributed by atoms with Crippen LogP contribution in [0.25, 0.3) is 5.57 Å². The molecule has 0 atom stereocenters. The van der Waals surface area contributed by atoms with Crippen LogP contribution in [-0.4, -0.2) is 11.5 Å². The van der Waals surface area contributed by atoms with Crippen molar-refractivity contribution in [2.24, 2.45) is 0 Å². The molecule has 1 aromatic rings. The molecular weight excluding hydrogens is 168 g/mol. The van der Waals surface area contributed by atoms with Gasteiger partial charge in [-0.3, -0.25) is 10.1 Å². The molecule has 66 valence electrons. The minimum absolute atomic E-state index is 0.114. The van der Waals surface area contributed by atoms with E-state index in [2.05, 4.69) is 11.9 Å². The number of benzene rings is 1. The third-order valence-electron chi connectivity index (χ3n) is 2.09. The SMILES string of the molecule is C=C1CNc2ccc([N+](=O)[O-])cc21. The predicted octanol–water partition coefficient (Wildman–Crippen LogP) is 2.03.